The molecule has 0 aromatic heterocycles. The molecule has 3 aromatic rings. The lowest BCUT2D eigenvalue weighted by Gasteiger charge is -2.24. The summed E-state index contributed by atoms with van der Waals surface area (Å²) in [5.74, 6) is -0.389. The van der Waals surface area contributed by atoms with Crippen molar-refractivity contribution in [2.75, 3.05) is 19.5 Å². The van der Waals surface area contributed by atoms with E-state index < -0.39 is 12.0 Å². The Morgan fingerprint density at radius 2 is 1.66 bits per heavy atom. The fraction of sp³-hybridized carbons (Fsp3) is 0.222. The van der Waals surface area contributed by atoms with Gasteiger partial charge in [0.05, 0.1) is 25.9 Å². The highest BCUT2D eigenvalue weighted by atomic mass is 16.5. The summed E-state index contributed by atoms with van der Waals surface area (Å²) in [5.41, 5.74) is 3.28. The number of carbonyl (C=O) groups excluding carboxylic acids is 1. The average Bonchev–Trinajstić information content (AvgIpc) is 2.89. The van der Waals surface area contributed by atoms with Crippen molar-refractivity contribution in [3.63, 3.8) is 0 Å². The van der Waals surface area contributed by atoms with Crippen LogP contribution in [0.4, 0.5) is 5.69 Å². The third-order valence-electron chi connectivity index (χ3n) is 5.46. The number of nitrogens with one attached hydrogen (secondary N) is 2. The minimum absolute atomic E-state index is 0.113. The number of benzene rings is 3. The van der Waals surface area contributed by atoms with Crippen LogP contribution in [0.3, 0.4) is 0 Å². The van der Waals surface area contributed by atoms with Crippen molar-refractivity contribution in [2.24, 2.45) is 0 Å². The Kier molecular flexibility index (Phi) is 8.68. The van der Waals surface area contributed by atoms with Crippen molar-refractivity contribution in [2.45, 2.75) is 25.4 Å². The maximum Gasteiger partial charge on any atom is 0.303 e. The molecule has 3 rings (SSSR count). The van der Waals surface area contributed by atoms with Crippen LogP contribution < -0.4 is 20.1 Å². The van der Waals surface area contributed by atoms with Crippen molar-refractivity contribution >= 4 is 17.6 Å². The number of hydrogen-bond donors (Lipinski definition) is 3. The fourth-order valence-electron chi connectivity index (χ4n) is 3.64. The Bertz CT molecular complexity index is 1200. The lowest BCUT2D eigenvalue weighted by atomic mass is 9.95. The summed E-state index contributed by atoms with van der Waals surface area (Å²) in [7, 11) is 2.99. The van der Waals surface area contributed by atoms with Crippen molar-refractivity contribution in [1.82, 2.24) is 5.32 Å². The summed E-state index contributed by atoms with van der Waals surface area (Å²) in [6.45, 7) is 0.322. The van der Waals surface area contributed by atoms with Crippen molar-refractivity contribution in [1.29, 1.82) is 5.26 Å². The van der Waals surface area contributed by atoms with Crippen LogP contribution >= 0.6 is 0 Å². The van der Waals surface area contributed by atoms with Gasteiger partial charge in [0.2, 0.25) is 5.91 Å². The molecule has 1 unspecified atom stereocenters. The number of rotatable bonds is 11. The molecule has 8 nitrogen and oxygen atoms in total. The highest BCUT2D eigenvalue weighted by Gasteiger charge is 2.26. The second-order valence-corrected chi connectivity index (χ2v) is 7.77. The number of aryl methyl sites for hydroxylation is 1. The number of amides is 1. The van der Waals surface area contributed by atoms with Gasteiger partial charge in [0, 0.05) is 18.7 Å². The molecule has 0 spiro atoms. The van der Waals surface area contributed by atoms with Crippen LogP contribution in [0, 0.1) is 11.3 Å². The second-order valence-electron chi connectivity index (χ2n) is 7.77. The van der Waals surface area contributed by atoms with Crippen LogP contribution in [0.2, 0.25) is 0 Å². The molecule has 1 amide bonds. The topological polar surface area (TPSA) is 121 Å². The number of ether oxygens (including phenoxy) is 2. The molecule has 1 atom stereocenters. The van der Waals surface area contributed by atoms with Crippen LogP contribution in [-0.4, -0.2) is 31.2 Å². The van der Waals surface area contributed by atoms with Gasteiger partial charge >= 0.3 is 5.97 Å². The third-order valence-corrected chi connectivity index (χ3v) is 5.46. The van der Waals surface area contributed by atoms with Crippen LogP contribution in [0.5, 0.6) is 11.5 Å². The predicted octanol–water partition coefficient (Wildman–Crippen LogP) is 4.06. The Labute approximate surface area is 204 Å². The maximum absolute atomic E-state index is 13.5. The number of nitrogens with zero attached hydrogens (tertiary/aromatic N) is 1. The van der Waals surface area contributed by atoms with Gasteiger partial charge in [-0.3, -0.25) is 9.59 Å². The summed E-state index contributed by atoms with van der Waals surface area (Å²) in [4.78, 5) is 24.8. The summed E-state index contributed by atoms with van der Waals surface area (Å²) in [6, 6.07) is 20.9. The number of carbonyl (C=O) groups is 2. The zero-order chi connectivity index (χ0) is 25.2. The second kappa shape index (κ2) is 12.1. The summed E-state index contributed by atoms with van der Waals surface area (Å²) >= 11 is 0. The Balaban J connectivity index is 2.01. The van der Waals surface area contributed by atoms with E-state index in [1.165, 1.54) is 14.2 Å². The van der Waals surface area contributed by atoms with Gasteiger partial charge in [-0.2, -0.15) is 5.26 Å². The summed E-state index contributed by atoms with van der Waals surface area (Å²) < 4.78 is 10.9. The fourth-order valence-corrected chi connectivity index (χ4v) is 3.64. The lowest BCUT2D eigenvalue weighted by molar-refractivity contribution is -0.137. The maximum atomic E-state index is 13.5. The molecule has 0 heterocycles. The standard InChI is InChI=1S/C27H27N3O5/c1-34-23-14-20(10-13-25(31)32)22(15-24(23)35-2)26(30-21-11-8-18(16-28)9-12-21)27(33)29-17-19-6-4-3-5-7-19/h3-9,11-12,14-15,26,30H,10,13,17H2,1-2H3,(H,29,33)(H,31,32). The summed E-state index contributed by atoms with van der Waals surface area (Å²) in [5, 5.41) is 24.5. The molecule has 3 N–H and O–H groups in total. The van der Waals surface area contributed by atoms with Gasteiger partial charge in [-0.15, -0.1) is 0 Å². The SMILES string of the molecule is COc1cc(CCC(=O)O)c(C(Nc2ccc(C#N)cc2)C(=O)NCc2ccccc2)cc1OC. The monoisotopic (exact) mass is 473 g/mol. The molecule has 8 heteroatoms. The first-order chi connectivity index (χ1) is 16.9. The summed E-state index contributed by atoms with van der Waals surface area (Å²) in [6.07, 6.45) is 0.0836. The molecule has 0 saturated carbocycles. The van der Waals surface area contributed by atoms with E-state index in [1.807, 2.05) is 30.3 Å². The Hall–Kier alpha value is -4.51. The molecule has 0 aliphatic heterocycles. The quantitative estimate of drug-likeness (QED) is 0.384. The molecule has 0 aliphatic carbocycles. The van der Waals surface area contributed by atoms with Crippen LogP contribution in [-0.2, 0) is 22.6 Å². The number of anilines is 1. The molecule has 35 heavy (non-hydrogen) atoms. The van der Waals surface area contributed by atoms with Gasteiger partial charge in [0.15, 0.2) is 11.5 Å². The van der Waals surface area contributed by atoms with E-state index in [0.29, 0.717) is 40.4 Å². The van der Waals surface area contributed by atoms with Gasteiger partial charge in [-0.25, -0.2) is 0 Å². The Morgan fingerprint density at radius 1 is 1.00 bits per heavy atom. The highest BCUT2D eigenvalue weighted by Crippen LogP contribution is 2.35. The molecule has 3 aromatic carbocycles. The molecular formula is C27H27N3O5. The minimum Gasteiger partial charge on any atom is -0.493 e. The molecule has 180 valence electrons. The van der Waals surface area contributed by atoms with Gasteiger partial charge in [-0.05, 0) is 59.5 Å². The number of nitriles is 1. The molecule has 0 aliphatic rings. The number of aliphatic carboxylic acids is 1. The average molecular weight is 474 g/mol. The number of carboxylic acids is 1. The van der Waals surface area contributed by atoms with E-state index in [4.69, 9.17) is 14.7 Å². The highest BCUT2D eigenvalue weighted by molar-refractivity contribution is 5.87. The smallest absolute Gasteiger partial charge is 0.303 e. The van der Waals surface area contributed by atoms with E-state index in [1.54, 1.807) is 36.4 Å². The van der Waals surface area contributed by atoms with E-state index in [0.717, 1.165) is 5.56 Å². The Morgan fingerprint density at radius 3 is 2.26 bits per heavy atom. The van der Waals surface area contributed by atoms with E-state index in [-0.39, 0.29) is 18.7 Å². The van der Waals surface area contributed by atoms with E-state index >= 15 is 0 Å². The van der Waals surface area contributed by atoms with Crippen molar-refractivity contribution < 1.29 is 24.2 Å². The lowest BCUT2D eigenvalue weighted by Crippen LogP contribution is -2.34. The van der Waals surface area contributed by atoms with Gasteiger partial charge in [0.25, 0.3) is 0 Å². The molecule has 0 bridgehead atoms. The zero-order valence-corrected chi connectivity index (χ0v) is 19.6. The van der Waals surface area contributed by atoms with Crippen LogP contribution in [0.25, 0.3) is 0 Å². The van der Waals surface area contributed by atoms with Crippen molar-refractivity contribution in [3.05, 3.63) is 89.0 Å². The predicted molar refractivity (Wildman–Crippen MR) is 131 cm³/mol. The van der Waals surface area contributed by atoms with E-state index in [2.05, 4.69) is 16.7 Å². The first kappa shape index (κ1) is 25.1. The largest absolute Gasteiger partial charge is 0.493 e. The van der Waals surface area contributed by atoms with E-state index in [9.17, 15) is 14.7 Å². The molecule has 0 radical (unpaired) electrons. The van der Waals surface area contributed by atoms with Gasteiger partial charge in [0.1, 0.15) is 6.04 Å². The number of methoxy groups -OCH3 is 2. The third kappa shape index (κ3) is 6.74. The number of hydrogen-bond acceptors (Lipinski definition) is 6. The minimum atomic E-state index is -0.948. The normalized spacial score (nSPS) is 11.1. The first-order valence-corrected chi connectivity index (χ1v) is 11.0. The van der Waals surface area contributed by atoms with Gasteiger partial charge < -0.3 is 25.2 Å². The molecular weight excluding hydrogens is 446 g/mol. The number of carboxylic acid groups (broad SMARTS) is 1. The zero-order valence-electron chi connectivity index (χ0n) is 19.6. The van der Waals surface area contributed by atoms with Crippen LogP contribution in [0.1, 0.15) is 34.7 Å². The van der Waals surface area contributed by atoms with Crippen LogP contribution in [0.15, 0.2) is 66.7 Å². The van der Waals surface area contributed by atoms with Crippen molar-refractivity contribution in [3.8, 4) is 17.6 Å². The molecule has 0 saturated heterocycles. The first-order valence-electron chi connectivity index (χ1n) is 11.0. The van der Waals surface area contributed by atoms with Gasteiger partial charge in [-0.1, -0.05) is 30.3 Å². The molecule has 0 fully saturated rings.